The number of fused-ring (bicyclic) bond motifs is 1. The van der Waals surface area contributed by atoms with Crippen LogP contribution in [0.5, 0.6) is 0 Å². The lowest BCUT2D eigenvalue weighted by atomic mass is 10.1. The molecular weight excluding hydrogens is 354 g/mol. The number of furan rings is 1. The van der Waals surface area contributed by atoms with Crippen molar-refractivity contribution >= 4 is 40.1 Å². The Morgan fingerprint density at radius 3 is 2.62 bits per heavy atom. The van der Waals surface area contributed by atoms with Gasteiger partial charge in [0, 0.05) is 16.1 Å². The second-order valence-electron chi connectivity index (χ2n) is 6.15. The Morgan fingerprint density at radius 2 is 1.88 bits per heavy atom. The molecule has 1 atom stereocenters. The van der Waals surface area contributed by atoms with E-state index in [1.165, 1.54) is 13.0 Å². The van der Waals surface area contributed by atoms with Crippen LogP contribution in [0.4, 0.5) is 5.69 Å². The summed E-state index contributed by atoms with van der Waals surface area (Å²) in [6.07, 6.45) is -0.972. The number of amides is 1. The Balaban J connectivity index is 1.68. The molecule has 134 valence electrons. The summed E-state index contributed by atoms with van der Waals surface area (Å²) in [7, 11) is 0. The van der Waals surface area contributed by atoms with E-state index in [2.05, 4.69) is 5.32 Å². The van der Waals surface area contributed by atoms with Gasteiger partial charge in [-0.2, -0.15) is 0 Å². The summed E-state index contributed by atoms with van der Waals surface area (Å²) < 4.78 is 10.7. The number of hydrogen-bond acceptors (Lipinski definition) is 4. The highest BCUT2D eigenvalue weighted by atomic mass is 35.5. The minimum atomic E-state index is -0.972. The number of rotatable bonds is 4. The van der Waals surface area contributed by atoms with Gasteiger partial charge >= 0.3 is 5.97 Å². The van der Waals surface area contributed by atoms with Gasteiger partial charge in [-0.1, -0.05) is 29.3 Å². The first-order valence-corrected chi connectivity index (χ1v) is 8.49. The summed E-state index contributed by atoms with van der Waals surface area (Å²) in [6.45, 7) is 5.39. The van der Waals surface area contributed by atoms with Gasteiger partial charge in [0.25, 0.3) is 5.91 Å². The second kappa shape index (κ2) is 7.22. The van der Waals surface area contributed by atoms with Crippen LogP contribution in [0, 0.1) is 13.8 Å². The fourth-order valence-corrected chi connectivity index (χ4v) is 2.76. The third kappa shape index (κ3) is 3.89. The molecule has 26 heavy (non-hydrogen) atoms. The van der Waals surface area contributed by atoms with Crippen molar-refractivity contribution in [2.75, 3.05) is 5.32 Å². The summed E-state index contributed by atoms with van der Waals surface area (Å²) in [5.74, 6) is -1.10. The van der Waals surface area contributed by atoms with Crippen LogP contribution in [0.25, 0.3) is 11.0 Å². The molecule has 2 aromatic carbocycles. The number of benzene rings is 2. The molecule has 1 heterocycles. The predicted molar refractivity (Wildman–Crippen MR) is 101 cm³/mol. The zero-order valence-corrected chi connectivity index (χ0v) is 15.4. The molecule has 0 bridgehead atoms. The van der Waals surface area contributed by atoms with E-state index in [1.54, 1.807) is 18.2 Å². The zero-order chi connectivity index (χ0) is 18.8. The minimum absolute atomic E-state index is 0.0217. The lowest BCUT2D eigenvalue weighted by Crippen LogP contribution is -2.30. The molecule has 0 unspecified atom stereocenters. The molecule has 0 radical (unpaired) electrons. The molecule has 0 fully saturated rings. The van der Waals surface area contributed by atoms with Crippen molar-refractivity contribution in [3.63, 3.8) is 0 Å². The predicted octanol–water partition coefficient (Wildman–Crippen LogP) is 4.89. The van der Waals surface area contributed by atoms with Crippen molar-refractivity contribution in [3.8, 4) is 0 Å². The van der Waals surface area contributed by atoms with Gasteiger partial charge in [0.2, 0.25) is 5.76 Å². The zero-order valence-electron chi connectivity index (χ0n) is 14.6. The average Bonchev–Trinajstić information content (AvgIpc) is 3.00. The Kier molecular flexibility index (Phi) is 5.00. The Labute approximate surface area is 155 Å². The van der Waals surface area contributed by atoms with Gasteiger partial charge in [-0.3, -0.25) is 4.79 Å². The highest BCUT2D eigenvalue weighted by molar-refractivity contribution is 6.31. The SMILES string of the molecule is Cc1ccc(NC(=O)[C@H](C)OC(=O)c2cc3cc(Cl)ccc3o2)c(C)c1. The average molecular weight is 372 g/mol. The molecule has 1 aromatic heterocycles. The van der Waals surface area contributed by atoms with Gasteiger partial charge in [-0.25, -0.2) is 4.79 Å². The largest absolute Gasteiger partial charge is 0.449 e. The molecular formula is C20H18ClNO4. The number of ether oxygens (including phenoxy) is 1. The topological polar surface area (TPSA) is 68.5 Å². The molecule has 0 aliphatic carbocycles. The van der Waals surface area contributed by atoms with Crippen LogP contribution in [-0.4, -0.2) is 18.0 Å². The first-order chi connectivity index (χ1) is 12.3. The van der Waals surface area contributed by atoms with Gasteiger partial charge in [0.05, 0.1) is 0 Å². The molecule has 1 N–H and O–H groups in total. The summed E-state index contributed by atoms with van der Waals surface area (Å²) >= 11 is 5.92. The maximum Gasteiger partial charge on any atom is 0.375 e. The monoisotopic (exact) mass is 371 g/mol. The summed E-state index contributed by atoms with van der Waals surface area (Å²) in [5, 5.41) is 4.00. The van der Waals surface area contributed by atoms with Crippen LogP contribution >= 0.6 is 11.6 Å². The van der Waals surface area contributed by atoms with Crippen molar-refractivity contribution in [1.29, 1.82) is 0 Å². The Hall–Kier alpha value is -2.79. The van der Waals surface area contributed by atoms with Crippen molar-refractivity contribution in [3.05, 3.63) is 64.4 Å². The summed E-state index contributed by atoms with van der Waals surface area (Å²) in [5.41, 5.74) is 3.24. The first kappa shape index (κ1) is 18.0. The Morgan fingerprint density at radius 1 is 1.12 bits per heavy atom. The number of halogens is 1. The van der Waals surface area contributed by atoms with Crippen LogP contribution in [0.2, 0.25) is 5.02 Å². The Bertz CT molecular complexity index is 993. The second-order valence-corrected chi connectivity index (χ2v) is 6.58. The third-order valence-electron chi connectivity index (χ3n) is 3.97. The van der Waals surface area contributed by atoms with E-state index in [1.807, 2.05) is 32.0 Å². The maximum atomic E-state index is 12.3. The molecule has 1 amide bonds. The van der Waals surface area contributed by atoms with Crippen molar-refractivity contribution in [2.24, 2.45) is 0 Å². The maximum absolute atomic E-state index is 12.3. The van der Waals surface area contributed by atoms with Gasteiger partial charge in [0.15, 0.2) is 6.10 Å². The molecule has 0 saturated heterocycles. The third-order valence-corrected chi connectivity index (χ3v) is 4.21. The van der Waals surface area contributed by atoms with Crippen LogP contribution in [0.3, 0.4) is 0 Å². The van der Waals surface area contributed by atoms with E-state index in [4.69, 9.17) is 20.8 Å². The fourth-order valence-electron chi connectivity index (χ4n) is 2.58. The van der Waals surface area contributed by atoms with Crippen molar-refractivity contribution in [2.45, 2.75) is 26.9 Å². The van der Waals surface area contributed by atoms with E-state index in [0.29, 0.717) is 21.7 Å². The molecule has 0 spiro atoms. The lowest BCUT2D eigenvalue weighted by molar-refractivity contribution is -0.123. The van der Waals surface area contributed by atoms with Gasteiger partial charge in [-0.05, 0) is 56.7 Å². The van der Waals surface area contributed by atoms with E-state index in [-0.39, 0.29) is 5.76 Å². The molecule has 0 aliphatic rings. The highest BCUT2D eigenvalue weighted by Gasteiger charge is 2.22. The van der Waals surface area contributed by atoms with E-state index in [9.17, 15) is 9.59 Å². The number of hydrogen-bond donors (Lipinski definition) is 1. The number of aryl methyl sites for hydroxylation is 2. The number of nitrogens with one attached hydrogen (secondary N) is 1. The normalized spacial score (nSPS) is 12.0. The molecule has 6 heteroatoms. The van der Waals surface area contributed by atoms with E-state index < -0.39 is 18.0 Å². The standard InChI is InChI=1S/C20H18ClNO4/c1-11-4-6-16(12(2)8-11)22-19(23)13(3)25-20(24)18-10-14-9-15(21)5-7-17(14)26-18/h4-10,13H,1-3H3,(H,22,23)/t13-/m0/s1. The quantitative estimate of drug-likeness (QED) is 0.663. The van der Waals surface area contributed by atoms with Crippen molar-refractivity contribution < 1.29 is 18.7 Å². The first-order valence-electron chi connectivity index (χ1n) is 8.11. The molecule has 0 saturated carbocycles. The molecule has 3 aromatic rings. The molecule has 0 aliphatic heterocycles. The smallest absolute Gasteiger partial charge is 0.375 e. The van der Waals surface area contributed by atoms with Crippen LogP contribution in [-0.2, 0) is 9.53 Å². The van der Waals surface area contributed by atoms with Crippen LogP contribution in [0.15, 0.2) is 46.9 Å². The molecule has 3 rings (SSSR count). The highest BCUT2D eigenvalue weighted by Crippen LogP contribution is 2.24. The van der Waals surface area contributed by atoms with Gasteiger partial charge < -0.3 is 14.5 Å². The number of esters is 1. The van der Waals surface area contributed by atoms with Crippen LogP contribution in [0.1, 0.15) is 28.6 Å². The van der Waals surface area contributed by atoms with Gasteiger partial charge in [0.1, 0.15) is 5.58 Å². The summed E-state index contributed by atoms with van der Waals surface area (Å²) in [4.78, 5) is 24.5. The lowest BCUT2D eigenvalue weighted by Gasteiger charge is -2.14. The fraction of sp³-hybridized carbons (Fsp3) is 0.200. The number of carbonyl (C=O) groups is 2. The number of carbonyl (C=O) groups excluding carboxylic acids is 2. The van der Waals surface area contributed by atoms with Crippen molar-refractivity contribution in [1.82, 2.24) is 0 Å². The number of anilines is 1. The van der Waals surface area contributed by atoms with E-state index >= 15 is 0 Å². The van der Waals surface area contributed by atoms with Crippen LogP contribution < -0.4 is 5.32 Å². The van der Waals surface area contributed by atoms with Gasteiger partial charge in [-0.15, -0.1) is 0 Å². The summed E-state index contributed by atoms with van der Waals surface area (Å²) in [6, 6.07) is 12.3. The molecule has 5 nitrogen and oxygen atoms in total. The minimum Gasteiger partial charge on any atom is -0.449 e. The van der Waals surface area contributed by atoms with E-state index in [0.717, 1.165) is 11.1 Å².